The molecule has 0 bridgehead atoms. The predicted octanol–water partition coefficient (Wildman–Crippen LogP) is 2.96. The third-order valence-corrected chi connectivity index (χ3v) is 3.63. The summed E-state index contributed by atoms with van der Waals surface area (Å²) in [7, 11) is 0. The van der Waals surface area contributed by atoms with Gasteiger partial charge in [0.1, 0.15) is 0 Å². The van der Waals surface area contributed by atoms with Gasteiger partial charge < -0.3 is 14.6 Å². The Bertz CT molecular complexity index is 504. The quantitative estimate of drug-likeness (QED) is 0.932. The first-order chi connectivity index (χ1) is 10.2. The lowest BCUT2D eigenvalue weighted by Crippen LogP contribution is -2.47. The molecule has 22 heavy (non-hydrogen) atoms. The van der Waals surface area contributed by atoms with Crippen LogP contribution >= 0.6 is 0 Å². The lowest BCUT2D eigenvalue weighted by Gasteiger charge is -2.31. The molecule has 0 aliphatic carbocycles. The van der Waals surface area contributed by atoms with Gasteiger partial charge in [0.15, 0.2) is 0 Å². The third kappa shape index (κ3) is 4.71. The highest BCUT2D eigenvalue weighted by Crippen LogP contribution is 2.27. The van der Waals surface area contributed by atoms with Crippen LogP contribution in [0, 0.1) is 5.41 Å². The average Bonchev–Trinajstić information content (AvgIpc) is 2.84. The molecule has 1 saturated heterocycles. The lowest BCUT2D eigenvalue weighted by atomic mass is 9.92. The van der Waals surface area contributed by atoms with E-state index in [2.05, 4.69) is 36.3 Å². The van der Waals surface area contributed by atoms with E-state index in [9.17, 15) is 4.79 Å². The van der Waals surface area contributed by atoms with Crippen molar-refractivity contribution in [2.24, 2.45) is 5.41 Å². The van der Waals surface area contributed by atoms with Crippen molar-refractivity contribution in [3.63, 3.8) is 0 Å². The van der Waals surface area contributed by atoms with Gasteiger partial charge in [-0.3, -0.25) is 0 Å². The standard InChI is InChI=1S/C16H28N4O2/c1-11(2)17-15(21)20-8-6-7-12(10-20)14-19-18-13(22-14)9-16(3,4)5/h11-12H,6-10H2,1-5H3,(H,17,21). The van der Waals surface area contributed by atoms with Crippen molar-refractivity contribution >= 4 is 6.03 Å². The maximum atomic E-state index is 12.1. The summed E-state index contributed by atoms with van der Waals surface area (Å²) in [6.45, 7) is 11.8. The van der Waals surface area contributed by atoms with E-state index in [0.29, 0.717) is 18.3 Å². The van der Waals surface area contributed by atoms with Crippen molar-refractivity contribution in [2.45, 2.75) is 65.8 Å². The van der Waals surface area contributed by atoms with E-state index in [0.717, 1.165) is 25.8 Å². The van der Waals surface area contributed by atoms with E-state index in [1.165, 1.54) is 0 Å². The topological polar surface area (TPSA) is 71.3 Å². The zero-order valence-electron chi connectivity index (χ0n) is 14.3. The van der Waals surface area contributed by atoms with Gasteiger partial charge in [-0.1, -0.05) is 20.8 Å². The molecule has 1 fully saturated rings. The molecule has 0 aromatic carbocycles. The fourth-order valence-corrected chi connectivity index (χ4v) is 2.66. The Morgan fingerprint density at radius 1 is 1.41 bits per heavy atom. The van der Waals surface area contributed by atoms with Gasteiger partial charge >= 0.3 is 6.03 Å². The third-order valence-electron chi connectivity index (χ3n) is 3.63. The fourth-order valence-electron chi connectivity index (χ4n) is 2.66. The minimum absolute atomic E-state index is 0.00543. The fraction of sp³-hybridized carbons (Fsp3) is 0.812. The lowest BCUT2D eigenvalue weighted by molar-refractivity contribution is 0.171. The first-order valence-corrected chi connectivity index (χ1v) is 8.12. The Morgan fingerprint density at radius 3 is 2.77 bits per heavy atom. The van der Waals surface area contributed by atoms with Crippen molar-refractivity contribution in [3.8, 4) is 0 Å². The molecular formula is C16H28N4O2. The van der Waals surface area contributed by atoms with Gasteiger partial charge in [-0.25, -0.2) is 4.79 Å². The summed E-state index contributed by atoms with van der Waals surface area (Å²) < 4.78 is 5.83. The molecule has 2 heterocycles. The molecule has 0 radical (unpaired) electrons. The van der Waals surface area contributed by atoms with Crippen LogP contribution in [-0.4, -0.2) is 40.3 Å². The number of hydrogen-bond donors (Lipinski definition) is 1. The van der Waals surface area contributed by atoms with E-state index in [4.69, 9.17) is 4.42 Å². The first kappa shape index (κ1) is 16.8. The van der Waals surface area contributed by atoms with Gasteiger partial charge in [-0.05, 0) is 32.1 Å². The Balaban J connectivity index is 1.99. The maximum Gasteiger partial charge on any atom is 0.317 e. The number of nitrogens with one attached hydrogen (secondary N) is 1. The summed E-state index contributed by atoms with van der Waals surface area (Å²) in [5.74, 6) is 1.50. The molecule has 0 spiro atoms. The number of amides is 2. The Kier molecular flexibility index (Phi) is 5.08. The zero-order valence-corrected chi connectivity index (χ0v) is 14.3. The molecule has 6 nitrogen and oxygen atoms in total. The van der Waals surface area contributed by atoms with Crippen molar-refractivity contribution < 1.29 is 9.21 Å². The molecule has 1 aliphatic rings. The largest absolute Gasteiger partial charge is 0.425 e. The van der Waals surface area contributed by atoms with Crippen LogP contribution in [0.15, 0.2) is 4.42 Å². The van der Waals surface area contributed by atoms with Gasteiger partial charge in [-0.2, -0.15) is 0 Å². The van der Waals surface area contributed by atoms with Crippen LogP contribution in [0.5, 0.6) is 0 Å². The smallest absolute Gasteiger partial charge is 0.317 e. The number of hydrogen-bond acceptors (Lipinski definition) is 4. The van der Waals surface area contributed by atoms with Crippen LogP contribution < -0.4 is 5.32 Å². The van der Waals surface area contributed by atoms with Crippen molar-refractivity contribution in [1.82, 2.24) is 20.4 Å². The number of aromatic nitrogens is 2. The summed E-state index contributed by atoms with van der Waals surface area (Å²) in [5, 5.41) is 11.3. The number of nitrogens with zero attached hydrogens (tertiary/aromatic N) is 3. The highest BCUT2D eigenvalue weighted by molar-refractivity contribution is 5.74. The highest BCUT2D eigenvalue weighted by atomic mass is 16.4. The SMILES string of the molecule is CC(C)NC(=O)N1CCCC(c2nnc(CC(C)(C)C)o2)C1. The summed E-state index contributed by atoms with van der Waals surface area (Å²) in [6, 6.07) is 0.142. The number of rotatable bonds is 3. The molecule has 2 amide bonds. The van der Waals surface area contributed by atoms with Crippen LogP contribution in [-0.2, 0) is 6.42 Å². The Labute approximate surface area is 132 Å². The summed E-state index contributed by atoms with van der Waals surface area (Å²) in [4.78, 5) is 14.0. The van der Waals surface area contributed by atoms with Gasteiger partial charge in [0.05, 0.1) is 5.92 Å². The van der Waals surface area contributed by atoms with Crippen LogP contribution in [0.2, 0.25) is 0 Å². The van der Waals surface area contributed by atoms with Gasteiger partial charge in [0.2, 0.25) is 11.8 Å². The van der Waals surface area contributed by atoms with E-state index in [1.807, 2.05) is 18.7 Å². The summed E-state index contributed by atoms with van der Waals surface area (Å²) >= 11 is 0. The molecule has 0 saturated carbocycles. The number of carbonyl (C=O) groups is 1. The Morgan fingerprint density at radius 2 is 2.14 bits per heavy atom. The molecule has 1 aromatic rings. The van der Waals surface area contributed by atoms with E-state index in [1.54, 1.807) is 0 Å². The summed E-state index contributed by atoms with van der Waals surface area (Å²) in [6.07, 6.45) is 2.72. The van der Waals surface area contributed by atoms with E-state index in [-0.39, 0.29) is 23.4 Å². The van der Waals surface area contributed by atoms with Crippen LogP contribution in [0.4, 0.5) is 4.79 Å². The van der Waals surface area contributed by atoms with Crippen LogP contribution in [0.1, 0.15) is 65.2 Å². The zero-order chi connectivity index (χ0) is 16.3. The second-order valence-corrected chi connectivity index (χ2v) is 7.66. The molecule has 1 N–H and O–H groups in total. The molecule has 1 unspecified atom stereocenters. The van der Waals surface area contributed by atoms with Crippen molar-refractivity contribution in [3.05, 3.63) is 11.8 Å². The molecule has 1 atom stereocenters. The molecule has 1 aromatic heterocycles. The second kappa shape index (κ2) is 6.67. The monoisotopic (exact) mass is 308 g/mol. The number of piperidine rings is 1. The molecule has 2 rings (SSSR count). The number of carbonyl (C=O) groups excluding carboxylic acids is 1. The second-order valence-electron chi connectivity index (χ2n) is 7.66. The maximum absolute atomic E-state index is 12.1. The predicted molar refractivity (Wildman–Crippen MR) is 84.7 cm³/mol. The molecule has 1 aliphatic heterocycles. The number of urea groups is 1. The minimum Gasteiger partial charge on any atom is -0.425 e. The van der Waals surface area contributed by atoms with Crippen LogP contribution in [0.3, 0.4) is 0 Å². The molecular weight excluding hydrogens is 280 g/mol. The van der Waals surface area contributed by atoms with Gasteiger partial charge in [-0.15, -0.1) is 10.2 Å². The van der Waals surface area contributed by atoms with Crippen molar-refractivity contribution in [2.75, 3.05) is 13.1 Å². The average molecular weight is 308 g/mol. The van der Waals surface area contributed by atoms with Crippen molar-refractivity contribution in [1.29, 1.82) is 0 Å². The Hall–Kier alpha value is -1.59. The normalized spacial score (nSPS) is 19.5. The van der Waals surface area contributed by atoms with Gasteiger partial charge in [0.25, 0.3) is 0 Å². The van der Waals surface area contributed by atoms with Crippen LogP contribution in [0.25, 0.3) is 0 Å². The molecule has 6 heteroatoms. The summed E-state index contributed by atoms with van der Waals surface area (Å²) in [5.41, 5.74) is 0.125. The van der Waals surface area contributed by atoms with E-state index < -0.39 is 0 Å². The molecule has 124 valence electrons. The highest BCUT2D eigenvalue weighted by Gasteiger charge is 2.29. The first-order valence-electron chi connectivity index (χ1n) is 8.12. The van der Waals surface area contributed by atoms with Gasteiger partial charge in [0, 0.05) is 25.6 Å². The van der Waals surface area contributed by atoms with E-state index >= 15 is 0 Å². The minimum atomic E-state index is -0.00543. The number of likely N-dealkylation sites (tertiary alicyclic amines) is 1.